The van der Waals surface area contributed by atoms with Gasteiger partial charge in [-0.05, 0) is 20.3 Å². The van der Waals surface area contributed by atoms with Crippen molar-refractivity contribution >= 4 is 6.29 Å². The number of carbonyl (C=O) groups excluding carboxylic acids is 1. The van der Waals surface area contributed by atoms with Gasteiger partial charge in [0.05, 0.1) is 6.33 Å². The molecular formula is C9H14N2O. The first-order valence-electron chi connectivity index (χ1n) is 4.09. The van der Waals surface area contributed by atoms with E-state index < -0.39 is 0 Å². The predicted octanol–water partition coefficient (Wildman–Crippen LogP) is 1.60. The maximum atomic E-state index is 10.2. The van der Waals surface area contributed by atoms with Crippen LogP contribution in [0.3, 0.4) is 0 Å². The Morgan fingerprint density at radius 3 is 2.83 bits per heavy atom. The van der Waals surface area contributed by atoms with Crippen molar-refractivity contribution in [3.8, 4) is 0 Å². The number of hydrogen-bond acceptors (Lipinski definition) is 2. The molecule has 0 saturated heterocycles. The van der Waals surface area contributed by atoms with E-state index >= 15 is 0 Å². The Bertz CT molecular complexity index is 239. The number of rotatable bonds is 4. The minimum atomic E-state index is -0.00257. The van der Waals surface area contributed by atoms with E-state index in [1.165, 1.54) is 0 Å². The van der Waals surface area contributed by atoms with Crippen LogP contribution < -0.4 is 0 Å². The molecule has 0 radical (unpaired) electrons. The standard InChI is InChI=1S/C9H14N2O/c1-9(2,4-3-7-12)11-6-5-10-8-11/h5-8H,3-4H2,1-2H3. The van der Waals surface area contributed by atoms with Gasteiger partial charge in [-0.25, -0.2) is 4.98 Å². The highest BCUT2D eigenvalue weighted by molar-refractivity contribution is 5.49. The van der Waals surface area contributed by atoms with Gasteiger partial charge in [-0.3, -0.25) is 0 Å². The van der Waals surface area contributed by atoms with Gasteiger partial charge in [0.1, 0.15) is 6.29 Å². The summed E-state index contributed by atoms with van der Waals surface area (Å²) in [5.41, 5.74) is -0.00257. The molecule has 3 heteroatoms. The molecule has 0 fully saturated rings. The Kier molecular flexibility index (Phi) is 2.63. The van der Waals surface area contributed by atoms with Crippen molar-refractivity contribution in [3.63, 3.8) is 0 Å². The van der Waals surface area contributed by atoms with E-state index in [1.807, 2.05) is 10.8 Å². The van der Waals surface area contributed by atoms with E-state index in [2.05, 4.69) is 18.8 Å². The molecule has 0 aliphatic heterocycles. The van der Waals surface area contributed by atoms with E-state index in [9.17, 15) is 4.79 Å². The maximum Gasteiger partial charge on any atom is 0.120 e. The van der Waals surface area contributed by atoms with Gasteiger partial charge in [0, 0.05) is 24.4 Å². The molecule has 0 aliphatic rings. The van der Waals surface area contributed by atoms with Gasteiger partial charge in [-0.1, -0.05) is 0 Å². The summed E-state index contributed by atoms with van der Waals surface area (Å²) in [5.74, 6) is 0. The molecule has 1 rings (SSSR count). The Labute approximate surface area is 72.4 Å². The molecule has 0 spiro atoms. The predicted molar refractivity (Wildman–Crippen MR) is 46.8 cm³/mol. The highest BCUT2D eigenvalue weighted by Gasteiger charge is 2.17. The van der Waals surface area contributed by atoms with Crippen LogP contribution in [0.1, 0.15) is 26.7 Å². The van der Waals surface area contributed by atoms with Crippen molar-refractivity contribution in [1.29, 1.82) is 0 Å². The molecule has 0 bridgehead atoms. The Hall–Kier alpha value is -1.12. The second-order valence-corrected chi connectivity index (χ2v) is 3.49. The molecule has 0 unspecified atom stereocenters. The van der Waals surface area contributed by atoms with Crippen LogP contribution in [0.25, 0.3) is 0 Å². The molecule has 1 aromatic rings. The van der Waals surface area contributed by atoms with Crippen molar-refractivity contribution in [2.75, 3.05) is 0 Å². The first kappa shape index (κ1) is 8.97. The fourth-order valence-corrected chi connectivity index (χ4v) is 1.16. The van der Waals surface area contributed by atoms with E-state index in [4.69, 9.17) is 0 Å². The van der Waals surface area contributed by atoms with Gasteiger partial charge in [0.2, 0.25) is 0 Å². The Balaban J connectivity index is 2.65. The average Bonchev–Trinajstić information content (AvgIpc) is 2.53. The number of hydrogen-bond donors (Lipinski definition) is 0. The fourth-order valence-electron chi connectivity index (χ4n) is 1.16. The third-order valence-corrected chi connectivity index (χ3v) is 2.08. The van der Waals surface area contributed by atoms with Crippen LogP contribution in [0.2, 0.25) is 0 Å². The van der Waals surface area contributed by atoms with Crippen LogP contribution in [-0.2, 0) is 10.3 Å². The molecule has 3 nitrogen and oxygen atoms in total. The molecule has 12 heavy (non-hydrogen) atoms. The van der Waals surface area contributed by atoms with Crippen LogP contribution in [0.5, 0.6) is 0 Å². The monoisotopic (exact) mass is 166 g/mol. The summed E-state index contributed by atoms with van der Waals surface area (Å²) in [6, 6.07) is 0. The van der Waals surface area contributed by atoms with Crippen molar-refractivity contribution in [1.82, 2.24) is 9.55 Å². The zero-order chi connectivity index (χ0) is 9.03. The minimum absolute atomic E-state index is 0.00257. The van der Waals surface area contributed by atoms with Gasteiger partial charge < -0.3 is 9.36 Å². The van der Waals surface area contributed by atoms with Crippen molar-refractivity contribution < 1.29 is 4.79 Å². The fraction of sp³-hybridized carbons (Fsp3) is 0.556. The van der Waals surface area contributed by atoms with Crippen molar-refractivity contribution in [3.05, 3.63) is 18.7 Å². The first-order chi connectivity index (χ1) is 5.67. The van der Waals surface area contributed by atoms with Crippen molar-refractivity contribution in [2.24, 2.45) is 0 Å². The minimum Gasteiger partial charge on any atom is -0.332 e. The summed E-state index contributed by atoms with van der Waals surface area (Å²) < 4.78 is 2.02. The molecule has 0 amide bonds. The molecule has 0 atom stereocenters. The van der Waals surface area contributed by atoms with Gasteiger partial charge in [-0.2, -0.15) is 0 Å². The Morgan fingerprint density at radius 2 is 2.33 bits per heavy atom. The van der Waals surface area contributed by atoms with Gasteiger partial charge >= 0.3 is 0 Å². The number of carbonyl (C=O) groups is 1. The molecule has 1 aromatic heterocycles. The molecule has 0 saturated carbocycles. The molecule has 66 valence electrons. The third kappa shape index (κ3) is 1.94. The lowest BCUT2D eigenvalue weighted by Crippen LogP contribution is -2.24. The summed E-state index contributed by atoms with van der Waals surface area (Å²) >= 11 is 0. The lowest BCUT2D eigenvalue weighted by molar-refractivity contribution is -0.108. The second-order valence-electron chi connectivity index (χ2n) is 3.49. The van der Waals surface area contributed by atoms with Gasteiger partial charge in [-0.15, -0.1) is 0 Å². The van der Waals surface area contributed by atoms with E-state index in [1.54, 1.807) is 12.5 Å². The van der Waals surface area contributed by atoms with E-state index in [0.717, 1.165) is 12.7 Å². The number of aromatic nitrogens is 2. The smallest absolute Gasteiger partial charge is 0.120 e. The van der Waals surface area contributed by atoms with E-state index in [-0.39, 0.29) is 5.54 Å². The number of aldehydes is 1. The normalized spacial score (nSPS) is 11.5. The highest BCUT2D eigenvalue weighted by Crippen LogP contribution is 2.19. The SMILES string of the molecule is CC(C)(CCC=O)n1ccnc1. The number of imidazole rings is 1. The zero-order valence-electron chi connectivity index (χ0n) is 7.53. The highest BCUT2D eigenvalue weighted by atomic mass is 16.1. The molecular weight excluding hydrogens is 152 g/mol. The maximum absolute atomic E-state index is 10.2. The lowest BCUT2D eigenvalue weighted by Gasteiger charge is -2.25. The largest absolute Gasteiger partial charge is 0.332 e. The topological polar surface area (TPSA) is 34.9 Å². The summed E-state index contributed by atoms with van der Waals surface area (Å²) in [4.78, 5) is 14.2. The van der Waals surface area contributed by atoms with Crippen LogP contribution >= 0.6 is 0 Å². The number of nitrogens with zero attached hydrogens (tertiary/aromatic N) is 2. The molecule has 0 aromatic carbocycles. The Morgan fingerprint density at radius 1 is 1.58 bits per heavy atom. The van der Waals surface area contributed by atoms with Gasteiger partial charge in [0.25, 0.3) is 0 Å². The quantitative estimate of drug-likeness (QED) is 0.637. The third-order valence-electron chi connectivity index (χ3n) is 2.08. The summed E-state index contributed by atoms with van der Waals surface area (Å²) in [7, 11) is 0. The van der Waals surface area contributed by atoms with Crippen molar-refractivity contribution in [2.45, 2.75) is 32.2 Å². The van der Waals surface area contributed by atoms with Crippen LogP contribution in [0.15, 0.2) is 18.7 Å². The van der Waals surface area contributed by atoms with E-state index in [0.29, 0.717) is 6.42 Å². The molecule has 1 heterocycles. The lowest BCUT2D eigenvalue weighted by atomic mass is 9.99. The second kappa shape index (κ2) is 3.52. The molecule has 0 N–H and O–H groups in total. The summed E-state index contributed by atoms with van der Waals surface area (Å²) in [5, 5.41) is 0. The molecule has 0 aliphatic carbocycles. The first-order valence-corrected chi connectivity index (χ1v) is 4.09. The zero-order valence-corrected chi connectivity index (χ0v) is 7.53. The summed E-state index contributed by atoms with van der Waals surface area (Å²) in [6.45, 7) is 4.19. The average molecular weight is 166 g/mol. The van der Waals surface area contributed by atoms with Gasteiger partial charge in [0.15, 0.2) is 0 Å². The van der Waals surface area contributed by atoms with Crippen LogP contribution in [0, 0.1) is 0 Å². The van der Waals surface area contributed by atoms with Crippen LogP contribution in [-0.4, -0.2) is 15.8 Å². The van der Waals surface area contributed by atoms with Crippen LogP contribution in [0.4, 0.5) is 0 Å². The summed E-state index contributed by atoms with van der Waals surface area (Å²) in [6.07, 6.45) is 7.87.